The number of anilines is 2. The van der Waals surface area contributed by atoms with Crippen molar-refractivity contribution in [3.8, 4) is 0 Å². The third kappa shape index (κ3) is 13.1. The van der Waals surface area contributed by atoms with Crippen LogP contribution in [0.15, 0.2) is 58.7 Å². The summed E-state index contributed by atoms with van der Waals surface area (Å²) in [6.07, 6.45) is -21.0. The molecule has 8 heterocycles. The van der Waals surface area contributed by atoms with Gasteiger partial charge in [0.25, 0.3) is 25.7 Å². The van der Waals surface area contributed by atoms with Crippen LogP contribution in [0.3, 0.4) is 0 Å². The van der Waals surface area contributed by atoms with Crippen LogP contribution in [0, 0.1) is 17.8 Å². The van der Waals surface area contributed by atoms with Gasteiger partial charge in [-0.25, -0.2) is 57.9 Å². The van der Waals surface area contributed by atoms with Crippen LogP contribution in [0.1, 0.15) is 99.9 Å². The maximum absolute atomic E-state index is 14.3. The van der Waals surface area contributed by atoms with Gasteiger partial charge in [0.1, 0.15) is 40.6 Å². The van der Waals surface area contributed by atoms with E-state index in [1.165, 1.54) is 59.2 Å². The predicted octanol–water partition coefficient (Wildman–Crippen LogP) is 4.93. The number of ketones is 2. The fourth-order valence-electron chi connectivity index (χ4n) is 10.00. The van der Waals surface area contributed by atoms with Crippen LogP contribution in [0.25, 0.3) is 0 Å². The zero-order valence-corrected chi connectivity index (χ0v) is 45.5. The van der Waals surface area contributed by atoms with Crippen molar-refractivity contribution in [1.29, 1.82) is 0 Å². The highest BCUT2D eigenvalue weighted by molar-refractivity contribution is 6.07. The van der Waals surface area contributed by atoms with Crippen molar-refractivity contribution in [2.75, 3.05) is 18.1 Å². The molecular weight excluding hydrogens is 1130 g/mol. The van der Waals surface area contributed by atoms with E-state index in [2.05, 4.69) is 9.97 Å². The normalized spacial score (nSPS) is 35.1. The number of aromatic nitrogens is 4. The highest BCUT2D eigenvalue weighted by atomic mass is 19.3. The zero-order chi connectivity index (χ0) is 62.3. The minimum absolute atomic E-state index is 0.0179. The molecule has 0 spiro atoms. The number of nitrogens with zero attached hydrogens (tertiary/aromatic N) is 6. The maximum Gasteiger partial charge on any atom is 0.351 e. The first kappa shape index (κ1) is 68.6. The van der Waals surface area contributed by atoms with Crippen molar-refractivity contribution in [3.05, 3.63) is 70.0 Å². The molecule has 0 aliphatic carbocycles. The lowest BCUT2D eigenvalue weighted by atomic mass is 9.85. The molecule has 82 heavy (non-hydrogen) atoms. The number of alkyl halides is 11. The summed E-state index contributed by atoms with van der Waals surface area (Å²) in [5.74, 6) is -5.03. The van der Waals surface area contributed by atoms with E-state index < -0.39 is 163 Å². The van der Waals surface area contributed by atoms with Gasteiger partial charge >= 0.3 is 11.4 Å². The number of ether oxygens (including phenoxy) is 4. The molecule has 462 valence electrons. The fourth-order valence-corrected chi connectivity index (χ4v) is 10.00. The van der Waals surface area contributed by atoms with Gasteiger partial charge in [-0.05, 0) is 43.5 Å². The lowest BCUT2D eigenvalue weighted by molar-refractivity contribution is -0.195. The van der Waals surface area contributed by atoms with Gasteiger partial charge in [-0.15, -0.1) is 0 Å². The van der Waals surface area contributed by atoms with Crippen LogP contribution >= 0.6 is 0 Å². The fraction of sp³-hybridized carbons (Fsp3) is 0.680. The monoisotopic (exact) mass is 1200 g/mol. The Hall–Kier alpha value is -5.93. The number of halogens is 11. The molecule has 6 aliphatic rings. The number of nitrogens with two attached hydrogens (primary N) is 2. The molecule has 0 radical (unpaired) electrons. The Balaban J connectivity index is 0.000000232. The molecule has 0 saturated carbocycles. The third-order valence-electron chi connectivity index (χ3n) is 15.3. The molecule has 4 fully saturated rings. The van der Waals surface area contributed by atoms with Gasteiger partial charge in [-0.3, -0.25) is 38.1 Å². The first-order valence-corrected chi connectivity index (χ1v) is 25.8. The summed E-state index contributed by atoms with van der Waals surface area (Å²) >= 11 is 0. The molecule has 4 saturated heterocycles. The number of hydrogen-bond acceptors (Lipinski definition) is 17. The molecule has 2 amide bonds. The minimum Gasteiger partial charge on any atom is -0.393 e. The average molecular weight is 1200 g/mol. The third-order valence-corrected chi connectivity index (χ3v) is 15.3. The molecule has 21 nitrogen and oxygen atoms in total. The number of aliphatic hydroxyl groups is 3. The molecule has 16 atom stereocenters. The molecule has 7 N–H and O–H groups in total. The largest absolute Gasteiger partial charge is 0.393 e. The van der Waals surface area contributed by atoms with Crippen molar-refractivity contribution in [1.82, 2.24) is 28.9 Å². The Bertz CT molecular complexity index is 2550. The number of carbonyl (C=O) groups is 4. The van der Waals surface area contributed by atoms with Crippen LogP contribution in [0.5, 0.6) is 0 Å². The van der Waals surface area contributed by atoms with Gasteiger partial charge < -0.3 is 45.7 Å². The zero-order valence-electron chi connectivity index (χ0n) is 45.5. The summed E-state index contributed by atoms with van der Waals surface area (Å²) in [6, 6.07) is 2.43. The summed E-state index contributed by atoms with van der Waals surface area (Å²) < 4.78 is 170. The molecule has 6 aliphatic heterocycles. The Kier molecular flexibility index (Phi) is 23.1. The van der Waals surface area contributed by atoms with Gasteiger partial charge in [0.2, 0.25) is 11.8 Å². The number of carbonyl (C=O) groups excluding carboxylic acids is 4. The summed E-state index contributed by atoms with van der Waals surface area (Å²) in [5, 5.41) is 28.7. The van der Waals surface area contributed by atoms with Crippen molar-refractivity contribution < 1.29 is 102 Å². The molecule has 0 bridgehead atoms. The molecule has 8 rings (SSSR count). The first-order valence-electron chi connectivity index (χ1n) is 25.8. The van der Waals surface area contributed by atoms with Gasteiger partial charge in [0.05, 0.1) is 19.4 Å². The lowest BCUT2D eigenvalue weighted by Crippen LogP contribution is -2.51. The maximum atomic E-state index is 14.3. The lowest BCUT2D eigenvalue weighted by Gasteiger charge is -2.32. The summed E-state index contributed by atoms with van der Waals surface area (Å²) in [7, 11) is 0. The number of hydrogen-bond donors (Lipinski definition) is 5. The summed E-state index contributed by atoms with van der Waals surface area (Å²) in [6.45, 7) is 11.4. The Labute approximate surface area is 462 Å². The smallest absolute Gasteiger partial charge is 0.351 e. The van der Waals surface area contributed by atoms with Crippen LogP contribution in [-0.2, 0) is 38.1 Å². The Morgan fingerprint density at radius 2 is 0.890 bits per heavy atom. The van der Waals surface area contributed by atoms with Gasteiger partial charge in [0.15, 0.2) is 60.6 Å². The second-order valence-corrected chi connectivity index (χ2v) is 19.5. The molecule has 2 aromatic rings. The number of nitrogen functional groups attached to an aromatic ring is 2. The van der Waals surface area contributed by atoms with E-state index in [9.17, 15) is 87.3 Å². The molecule has 0 aromatic carbocycles. The van der Waals surface area contributed by atoms with Gasteiger partial charge in [-0.1, -0.05) is 55.4 Å². The van der Waals surface area contributed by atoms with E-state index in [0.717, 1.165) is 38.9 Å². The quantitative estimate of drug-likeness (QED) is 0.139. The highest BCUT2D eigenvalue weighted by Crippen LogP contribution is 2.49. The second kappa shape index (κ2) is 27.6. The number of aliphatic hydroxyl groups excluding tert-OH is 3. The van der Waals surface area contributed by atoms with Crippen LogP contribution in [-0.4, -0.2) is 165 Å². The predicted molar refractivity (Wildman–Crippen MR) is 265 cm³/mol. The van der Waals surface area contributed by atoms with E-state index in [-0.39, 0.29) is 43.1 Å². The summed E-state index contributed by atoms with van der Waals surface area (Å²) in [4.78, 5) is 77.6. The van der Waals surface area contributed by atoms with Crippen LogP contribution in [0.4, 0.5) is 59.9 Å². The highest BCUT2D eigenvalue weighted by Gasteiger charge is 2.63. The van der Waals surface area contributed by atoms with E-state index in [0.29, 0.717) is 4.57 Å². The summed E-state index contributed by atoms with van der Waals surface area (Å²) in [5.41, 5.74) is 0.370. The van der Waals surface area contributed by atoms with Crippen LogP contribution < -0.4 is 22.8 Å². The molecular formula is C50H67F11N8O13. The van der Waals surface area contributed by atoms with E-state index >= 15 is 0 Å². The minimum atomic E-state index is -3.34. The van der Waals surface area contributed by atoms with Crippen molar-refractivity contribution >= 4 is 35.0 Å². The second-order valence-electron chi connectivity index (χ2n) is 19.5. The van der Waals surface area contributed by atoms with E-state index in [4.69, 9.17) is 35.5 Å². The van der Waals surface area contributed by atoms with Gasteiger partial charge in [-0.2, -0.15) is 9.97 Å². The average Bonchev–Trinajstić information content (AvgIpc) is 4.11. The first-order chi connectivity index (χ1) is 38.3. The molecule has 0 unspecified atom stereocenters. The standard InChI is InChI=1S/C13H16F3NO3.C13H17F2NO4.C12H16F3N3O2.C10H12F3N3O4.C2H6/c1-3-13(12(15)16)7(2)10(14)11(20-13)17-5-4-8(18)6-9(17)19;1-3-13(12(14)15)7(2)10(19)11(20-13)16-5-4-8(17)6-9(16)18;1-3-12(10(14)15)6(2)8(13)9(20-12)18-5-4-7(16)17-11(18)19;11-5-6(18)10(3-17,8(12)13)20-7(5)16-2-1-4(14)15-9(16)19;1-2/h4-5,7,10-12H,3,6H2,1-2H3;4-5,7,10-12,19H,3,6H2,1-2H3;4-6,8-10H,3H2,1-2H3,(H2,16,17,19);1-2,5-8,17-18H,3H2,(H2,14,15,19);1-2H3/t7-,10+,11+,13+;7-,10-,11+,13+;6-,8+,9+,12+;5-,6+,7-,10-;/m0001./s1. The van der Waals surface area contributed by atoms with Crippen molar-refractivity contribution in [2.24, 2.45) is 17.8 Å². The number of rotatable bonds is 12. The van der Waals surface area contributed by atoms with E-state index in [1.54, 1.807) is 6.92 Å². The molecule has 2 aromatic heterocycles. The van der Waals surface area contributed by atoms with Gasteiger partial charge in [0, 0.05) is 42.5 Å². The van der Waals surface area contributed by atoms with Crippen LogP contribution in [0.2, 0.25) is 0 Å². The molecule has 32 heteroatoms. The SMILES string of the molecule is CC.CC[C@@]1(C(F)F)O[C@@H](N2C=CC(=O)CC2=O)[C@@H](O)[C@@H]1C.CC[C@@]1(C(F)F)O[C@@H](N2C=CC(=O)CC2=O)[C@H](F)[C@@H]1C.CC[C@@]1(C(F)F)O[C@@H](n2ccc(N)nc2=O)[C@H](F)[C@@H]1C.Nc1ccn([C@@H]2O[C@@](CO)(C(F)F)[C@@H](O)[C@H]2F)c(=O)n1. The Morgan fingerprint density at radius 1 is 0.561 bits per heavy atom. The topological polar surface area (TPSA) is 294 Å². The number of allylic oxidation sites excluding steroid dienone is 2. The van der Waals surface area contributed by atoms with E-state index in [1.807, 2.05) is 13.8 Å². The van der Waals surface area contributed by atoms with Crippen molar-refractivity contribution in [2.45, 2.75) is 191 Å². The van der Waals surface area contributed by atoms with Crippen molar-refractivity contribution in [3.63, 3.8) is 0 Å². The Morgan fingerprint density at radius 3 is 1.21 bits per heavy atom. The number of amides is 2.